The monoisotopic (exact) mass is 254 g/mol. The van der Waals surface area contributed by atoms with Gasteiger partial charge in [0.25, 0.3) is 0 Å². The van der Waals surface area contributed by atoms with Crippen LogP contribution < -0.4 is 9.64 Å². The number of ether oxygens (including phenoxy) is 1. The van der Waals surface area contributed by atoms with Crippen molar-refractivity contribution >= 4 is 5.69 Å². The van der Waals surface area contributed by atoms with E-state index in [9.17, 15) is 0 Å². The topological polar surface area (TPSA) is 25.4 Å². The number of hydrogen-bond acceptors (Lipinski definition) is 3. The molecule has 2 aromatic rings. The van der Waals surface area contributed by atoms with Crippen LogP contribution in [0.4, 0.5) is 5.69 Å². The first-order valence-electron chi connectivity index (χ1n) is 6.59. The Bertz CT molecular complexity index is 595. The summed E-state index contributed by atoms with van der Waals surface area (Å²) >= 11 is 0. The van der Waals surface area contributed by atoms with Gasteiger partial charge in [0.05, 0.1) is 19.0 Å². The fourth-order valence-corrected chi connectivity index (χ4v) is 2.65. The third kappa shape index (κ3) is 2.28. The zero-order valence-corrected chi connectivity index (χ0v) is 11.4. The Morgan fingerprint density at radius 1 is 1.21 bits per heavy atom. The Morgan fingerprint density at radius 3 is 2.89 bits per heavy atom. The average molecular weight is 254 g/mol. The second-order valence-electron chi connectivity index (χ2n) is 4.97. The van der Waals surface area contributed by atoms with Gasteiger partial charge >= 0.3 is 0 Å². The van der Waals surface area contributed by atoms with E-state index in [1.807, 2.05) is 18.5 Å². The third-order valence-electron chi connectivity index (χ3n) is 3.78. The van der Waals surface area contributed by atoms with E-state index in [-0.39, 0.29) is 0 Å². The molecule has 1 aromatic heterocycles. The molecule has 0 saturated heterocycles. The lowest BCUT2D eigenvalue weighted by Crippen LogP contribution is -2.30. The zero-order chi connectivity index (χ0) is 13.2. The standard InChI is InChI=1S/C16H18N2O/c1-12-5-7-17-10-16(12)18-8-6-13-9-15(19-2)4-3-14(13)11-18/h3-5,7,9-10H,6,8,11H2,1-2H3. The van der Waals surface area contributed by atoms with Crippen molar-refractivity contribution in [3.63, 3.8) is 0 Å². The van der Waals surface area contributed by atoms with Crippen molar-refractivity contribution in [1.82, 2.24) is 4.98 Å². The average Bonchev–Trinajstić information content (AvgIpc) is 2.46. The molecule has 19 heavy (non-hydrogen) atoms. The molecule has 0 radical (unpaired) electrons. The normalized spacial score (nSPS) is 14.1. The summed E-state index contributed by atoms with van der Waals surface area (Å²) in [4.78, 5) is 6.64. The molecule has 1 aliphatic rings. The summed E-state index contributed by atoms with van der Waals surface area (Å²) in [5, 5.41) is 0. The van der Waals surface area contributed by atoms with Gasteiger partial charge in [-0.25, -0.2) is 0 Å². The first kappa shape index (κ1) is 12.0. The molecule has 0 unspecified atom stereocenters. The molecule has 0 N–H and O–H groups in total. The highest BCUT2D eigenvalue weighted by Crippen LogP contribution is 2.28. The Morgan fingerprint density at radius 2 is 2.11 bits per heavy atom. The van der Waals surface area contributed by atoms with Gasteiger partial charge in [0, 0.05) is 19.3 Å². The smallest absolute Gasteiger partial charge is 0.119 e. The summed E-state index contributed by atoms with van der Waals surface area (Å²) in [6.45, 7) is 4.12. The highest BCUT2D eigenvalue weighted by Gasteiger charge is 2.18. The van der Waals surface area contributed by atoms with E-state index in [4.69, 9.17) is 4.74 Å². The summed E-state index contributed by atoms with van der Waals surface area (Å²) in [6, 6.07) is 8.44. The molecule has 3 nitrogen and oxygen atoms in total. The van der Waals surface area contributed by atoms with Gasteiger partial charge in [0.15, 0.2) is 0 Å². The number of aryl methyl sites for hydroxylation is 1. The number of rotatable bonds is 2. The van der Waals surface area contributed by atoms with Crippen LogP contribution in [0.3, 0.4) is 0 Å². The molecule has 0 bridgehead atoms. The molecule has 0 saturated carbocycles. The van der Waals surface area contributed by atoms with Crippen molar-refractivity contribution in [2.75, 3.05) is 18.6 Å². The molecule has 1 aliphatic heterocycles. The van der Waals surface area contributed by atoms with Gasteiger partial charge in [-0.2, -0.15) is 0 Å². The second-order valence-corrected chi connectivity index (χ2v) is 4.97. The third-order valence-corrected chi connectivity index (χ3v) is 3.78. The molecular weight excluding hydrogens is 236 g/mol. The summed E-state index contributed by atoms with van der Waals surface area (Å²) in [5.41, 5.74) is 5.31. The van der Waals surface area contributed by atoms with Crippen molar-refractivity contribution in [2.45, 2.75) is 19.9 Å². The Kier molecular flexibility index (Phi) is 3.11. The number of pyridine rings is 1. The molecule has 0 fully saturated rings. The molecule has 3 heteroatoms. The van der Waals surface area contributed by atoms with E-state index in [0.29, 0.717) is 0 Å². The van der Waals surface area contributed by atoms with Crippen LogP contribution >= 0.6 is 0 Å². The Labute approximate surface area is 113 Å². The van der Waals surface area contributed by atoms with E-state index >= 15 is 0 Å². The van der Waals surface area contributed by atoms with Gasteiger partial charge in [0.2, 0.25) is 0 Å². The Balaban J connectivity index is 1.88. The van der Waals surface area contributed by atoms with Gasteiger partial charge in [-0.15, -0.1) is 0 Å². The lowest BCUT2D eigenvalue weighted by atomic mass is 9.98. The first-order valence-corrected chi connectivity index (χ1v) is 6.59. The van der Waals surface area contributed by atoms with Crippen LogP contribution in [-0.2, 0) is 13.0 Å². The predicted octanol–water partition coefficient (Wildman–Crippen LogP) is 2.96. The fourth-order valence-electron chi connectivity index (χ4n) is 2.65. The van der Waals surface area contributed by atoms with Crippen LogP contribution in [0.1, 0.15) is 16.7 Å². The number of anilines is 1. The maximum absolute atomic E-state index is 5.29. The SMILES string of the molecule is COc1ccc2c(c1)CCN(c1cnccc1C)C2. The quantitative estimate of drug-likeness (QED) is 0.824. The molecule has 0 amide bonds. The van der Waals surface area contributed by atoms with E-state index in [0.717, 1.165) is 25.3 Å². The summed E-state index contributed by atoms with van der Waals surface area (Å²) in [5.74, 6) is 0.949. The van der Waals surface area contributed by atoms with E-state index in [1.54, 1.807) is 7.11 Å². The van der Waals surface area contributed by atoms with E-state index in [1.165, 1.54) is 22.4 Å². The predicted molar refractivity (Wildman–Crippen MR) is 76.7 cm³/mol. The lowest BCUT2D eigenvalue weighted by molar-refractivity contribution is 0.414. The van der Waals surface area contributed by atoms with Gasteiger partial charge < -0.3 is 9.64 Å². The maximum atomic E-state index is 5.29. The molecule has 98 valence electrons. The van der Waals surface area contributed by atoms with E-state index < -0.39 is 0 Å². The fraction of sp³-hybridized carbons (Fsp3) is 0.312. The van der Waals surface area contributed by atoms with Crippen molar-refractivity contribution in [2.24, 2.45) is 0 Å². The van der Waals surface area contributed by atoms with Crippen molar-refractivity contribution in [3.05, 3.63) is 53.3 Å². The number of fused-ring (bicyclic) bond motifs is 1. The van der Waals surface area contributed by atoms with Gasteiger partial charge in [-0.1, -0.05) is 6.07 Å². The summed E-state index contributed by atoms with van der Waals surface area (Å²) in [7, 11) is 1.72. The highest BCUT2D eigenvalue weighted by atomic mass is 16.5. The van der Waals surface area contributed by atoms with Crippen molar-refractivity contribution < 1.29 is 4.74 Å². The van der Waals surface area contributed by atoms with Crippen LogP contribution in [0, 0.1) is 6.92 Å². The summed E-state index contributed by atoms with van der Waals surface area (Å²) in [6.07, 6.45) is 4.87. The van der Waals surface area contributed by atoms with Crippen LogP contribution in [0.25, 0.3) is 0 Å². The molecule has 0 spiro atoms. The molecule has 1 aromatic carbocycles. The number of aromatic nitrogens is 1. The van der Waals surface area contributed by atoms with Crippen LogP contribution in [0.2, 0.25) is 0 Å². The maximum Gasteiger partial charge on any atom is 0.119 e. The van der Waals surface area contributed by atoms with Gasteiger partial charge in [-0.05, 0) is 48.2 Å². The minimum Gasteiger partial charge on any atom is -0.497 e. The van der Waals surface area contributed by atoms with Crippen LogP contribution in [0.5, 0.6) is 5.75 Å². The van der Waals surface area contributed by atoms with Crippen molar-refractivity contribution in [3.8, 4) is 5.75 Å². The van der Waals surface area contributed by atoms with Gasteiger partial charge in [0.1, 0.15) is 5.75 Å². The van der Waals surface area contributed by atoms with E-state index in [2.05, 4.69) is 35.0 Å². The van der Waals surface area contributed by atoms with Crippen LogP contribution in [-0.4, -0.2) is 18.6 Å². The molecule has 3 rings (SSSR count). The molecular formula is C16H18N2O. The minimum absolute atomic E-state index is 0.949. The number of hydrogen-bond donors (Lipinski definition) is 0. The number of nitrogens with zero attached hydrogens (tertiary/aromatic N) is 2. The van der Waals surface area contributed by atoms with Crippen LogP contribution in [0.15, 0.2) is 36.7 Å². The van der Waals surface area contributed by atoms with Crippen molar-refractivity contribution in [1.29, 1.82) is 0 Å². The second kappa shape index (κ2) is 4.92. The molecule has 0 atom stereocenters. The number of benzene rings is 1. The molecule has 0 aliphatic carbocycles. The highest BCUT2D eigenvalue weighted by molar-refractivity contribution is 5.53. The first-order chi connectivity index (χ1) is 9.28. The van der Waals surface area contributed by atoms with Gasteiger partial charge in [-0.3, -0.25) is 4.98 Å². The molecule has 2 heterocycles. The lowest BCUT2D eigenvalue weighted by Gasteiger charge is -2.31. The zero-order valence-electron chi connectivity index (χ0n) is 11.4. The largest absolute Gasteiger partial charge is 0.497 e. The minimum atomic E-state index is 0.949. The summed E-state index contributed by atoms with van der Waals surface area (Å²) < 4.78 is 5.29. The number of methoxy groups -OCH3 is 1. The Hall–Kier alpha value is -2.03.